The quantitative estimate of drug-likeness (QED) is 0.655. The van der Waals surface area contributed by atoms with Crippen LogP contribution in [-0.2, 0) is 9.59 Å². The summed E-state index contributed by atoms with van der Waals surface area (Å²) in [4.78, 5) is 23.7. The van der Waals surface area contributed by atoms with E-state index in [9.17, 15) is 14.7 Å². The number of carbonyl (C=O) groups is 2. The van der Waals surface area contributed by atoms with E-state index in [-0.39, 0.29) is 11.8 Å². The lowest BCUT2D eigenvalue weighted by atomic mass is 9.79. The molecule has 0 saturated heterocycles. The highest BCUT2D eigenvalue weighted by molar-refractivity contribution is 5.88. The van der Waals surface area contributed by atoms with E-state index in [4.69, 9.17) is 5.73 Å². The van der Waals surface area contributed by atoms with Crippen molar-refractivity contribution >= 4 is 11.9 Å². The number of carboxylic acid groups (broad SMARTS) is 1. The number of nitrogens with two attached hydrogens (primary N) is 1. The van der Waals surface area contributed by atoms with E-state index in [0.29, 0.717) is 6.54 Å². The van der Waals surface area contributed by atoms with Crippen LogP contribution in [0.1, 0.15) is 51.4 Å². The fourth-order valence-corrected chi connectivity index (χ4v) is 3.03. The molecule has 5 nitrogen and oxygen atoms in total. The molecule has 1 amide bonds. The van der Waals surface area contributed by atoms with Gasteiger partial charge in [0, 0.05) is 6.54 Å². The van der Waals surface area contributed by atoms with Gasteiger partial charge in [-0.15, -0.1) is 0 Å². The van der Waals surface area contributed by atoms with E-state index < -0.39 is 17.4 Å². The van der Waals surface area contributed by atoms with Crippen molar-refractivity contribution in [2.24, 2.45) is 17.1 Å². The molecule has 0 aromatic rings. The van der Waals surface area contributed by atoms with Crippen LogP contribution in [0.3, 0.4) is 0 Å². The average molecular weight is 268 g/mol. The van der Waals surface area contributed by atoms with Crippen molar-refractivity contribution in [3.05, 3.63) is 0 Å². The van der Waals surface area contributed by atoms with Crippen molar-refractivity contribution in [2.75, 3.05) is 6.54 Å². The number of rotatable bonds is 5. The van der Waals surface area contributed by atoms with Gasteiger partial charge < -0.3 is 16.2 Å². The third kappa shape index (κ3) is 3.26. The maximum atomic E-state index is 12.5. The van der Waals surface area contributed by atoms with E-state index >= 15 is 0 Å². The van der Waals surface area contributed by atoms with E-state index in [1.807, 2.05) is 0 Å². The van der Waals surface area contributed by atoms with Crippen molar-refractivity contribution < 1.29 is 14.7 Å². The van der Waals surface area contributed by atoms with Crippen molar-refractivity contribution in [3.63, 3.8) is 0 Å². The van der Waals surface area contributed by atoms with Crippen molar-refractivity contribution in [1.29, 1.82) is 0 Å². The van der Waals surface area contributed by atoms with Crippen molar-refractivity contribution in [3.8, 4) is 0 Å². The van der Waals surface area contributed by atoms with Crippen LogP contribution in [0.4, 0.5) is 0 Å². The Kier molecular flexibility index (Phi) is 4.45. The Morgan fingerprint density at radius 3 is 2.21 bits per heavy atom. The van der Waals surface area contributed by atoms with Gasteiger partial charge in [0.1, 0.15) is 6.04 Å². The van der Waals surface area contributed by atoms with Gasteiger partial charge in [-0.25, -0.2) is 4.79 Å². The summed E-state index contributed by atoms with van der Waals surface area (Å²) in [5, 5.41) is 11.9. The Morgan fingerprint density at radius 2 is 1.79 bits per heavy atom. The van der Waals surface area contributed by atoms with Crippen LogP contribution >= 0.6 is 0 Å². The maximum Gasteiger partial charge on any atom is 0.326 e. The summed E-state index contributed by atoms with van der Waals surface area (Å²) in [6, 6.07) is -0.723. The van der Waals surface area contributed by atoms with E-state index in [1.54, 1.807) is 0 Å². The first-order valence-corrected chi connectivity index (χ1v) is 7.33. The summed E-state index contributed by atoms with van der Waals surface area (Å²) in [7, 11) is 0. The van der Waals surface area contributed by atoms with Gasteiger partial charge in [-0.1, -0.05) is 25.7 Å². The van der Waals surface area contributed by atoms with Crippen LogP contribution < -0.4 is 11.1 Å². The Hall–Kier alpha value is -1.10. The van der Waals surface area contributed by atoms with Gasteiger partial charge in [0.05, 0.1) is 5.41 Å². The van der Waals surface area contributed by atoms with E-state index in [2.05, 4.69) is 5.32 Å². The lowest BCUT2D eigenvalue weighted by Crippen LogP contribution is -2.52. The summed E-state index contributed by atoms with van der Waals surface area (Å²) < 4.78 is 0. The standard InChI is InChI=1S/C14H24N2O3/c15-9-14(7-3-1-2-4-8-14)13(19)16-11(12(17)18)10-5-6-10/h10-11H,1-9,15H2,(H,16,19)(H,17,18). The normalized spacial score (nSPS) is 24.3. The zero-order valence-electron chi connectivity index (χ0n) is 11.4. The number of amides is 1. The minimum atomic E-state index is -0.920. The zero-order chi connectivity index (χ0) is 13.9. The molecular formula is C14H24N2O3. The first-order chi connectivity index (χ1) is 9.09. The molecule has 2 aliphatic rings. The third-order valence-electron chi connectivity index (χ3n) is 4.58. The molecule has 0 heterocycles. The molecular weight excluding hydrogens is 244 g/mol. The Labute approximate surface area is 113 Å². The number of aliphatic carboxylic acids is 1. The second-order valence-electron chi connectivity index (χ2n) is 6.03. The van der Waals surface area contributed by atoms with Crippen LogP contribution in [0.15, 0.2) is 0 Å². The molecule has 0 bridgehead atoms. The topological polar surface area (TPSA) is 92.4 Å². The van der Waals surface area contributed by atoms with Gasteiger partial charge in [0.15, 0.2) is 0 Å². The fourth-order valence-electron chi connectivity index (χ4n) is 3.03. The summed E-state index contributed by atoms with van der Waals surface area (Å²) in [6.45, 7) is 0.315. The summed E-state index contributed by atoms with van der Waals surface area (Å²) in [6.07, 6.45) is 7.65. The molecule has 2 rings (SSSR count). The second-order valence-corrected chi connectivity index (χ2v) is 6.03. The highest BCUT2D eigenvalue weighted by Crippen LogP contribution is 2.37. The molecule has 0 aromatic carbocycles. The highest BCUT2D eigenvalue weighted by atomic mass is 16.4. The van der Waals surface area contributed by atoms with Crippen LogP contribution in [-0.4, -0.2) is 29.6 Å². The van der Waals surface area contributed by atoms with Gasteiger partial charge in [-0.05, 0) is 31.6 Å². The fraction of sp³-hybridized carbons (Fsp3) is 0.857. The minimum Gasteiger partial charge on any atom is -0.480 e. The molecule has 108 valence electrons. The summed E-state index contributed by atoms with van der Waals surface area (Å²) in [5.74, 6) is -0.949. The molecule has 0 spiro atoms. The predicted octanol–water partition coefficient (Wildman–Crippen LogP) is 1.27. The highest BCUT2D eigenvalue weighted by Gasteiger charge is 2.43. The van der Waals surface area contributed by atoms with E-state index in [1.165, 1.54) is 0 Å². The maximum absolute atomic E-state index is 12.5. The second kappa shape index (κ2) is 5.90. The van der Waals surface area contributed by atoms with Crippen LogP contribution in [0.2, 0.25) is 0 Å². The first-order valence-electron chi connectivity index (χ1n) is 7.33. The monoisotopic (exact) mass is 268 g/mol. The molecule has 2 fully saturated rings. The number of hydrogen-bond acceptors (Lipinski definition) is 3. The molecule has 0 aromatic heterocycles. The smallest absolute Gasteiger partial charge is 0.326 e. The van der Waals surface area contributed by atoms with Gasteiger partial charge in [-0.2, -0.15) is 0 Å². The van der Waals surface area contributed by atoms with Crippen LogP contribution in [0.5, 0.6) is 0 Å². The van der Waals surface area contributed by atoms with Gasteiger partial charge in [0.25, 0.3) is 0 Å². The molecule has 0 aliphatic heterocycles. The lowest BCUT2D eigenvalue weighted by Gasteiger charge is -2.31. The number of carboxylic acids is 1. The summed E-state index contributed by atoms with van der Waals surface area (Å²) in [5.41, 5.74) is 5.30. The number of hydrogen-bond donors (Lipinski definition) is 3. The number of nitrogens with one attached hydrogen (secondary N) is 1. The minimum absolute atomic E-state index is 0.113. The largest absolute Gasteiger partial charge is 0.480 e. The van der Waals surface area contributed by atoms with Gasteiger partial charge >= 0.3 is 5.97 Å². The molecule has 19 heavy (non-hydrogen) atoms. The molecule has 2 saturated carbocycles. The molecule has 1 unspecified atom stereocenters. The summed E-state index contributed by atoms with van der Waals surface area (Å²) >= 11 is 0. The third-order valence-corrected chi connectivity index (χ3v) is 4.58. The molecule has 0 radical (unpaired) electrons. The molecule has 1 atom stereocenters. The Morgan fingerprint density at radius 1 is 1.21 bits per heavy atom. The number of carbonyl (C=O) groups excluding carboxylic acids is 1. The van der Waals surface area contributed by atoms with Gasteiger partial charge in [-0.3, -0.25) is 4.79 Å². The SMILES string of the molecule is NCC1(C(=O)NC(C(=O)O)C2CC2)CCCCCC1. The van der Waals surface area contributed by atoms with Crippen LogP contribution in [0.25, 0.3) is 0 Å². The lowest BCUT2D eigenvalue weighted by molar-refractivity contribution is -0.144. The first kappa shape index (κ1) is 14.3. The Bertz CT molecular complexity index is 345. The Balaban J connectivity index is 2.04. The molecule has 4 N–H and O–H groups in total. The molecule has 2 aliphatic carbocycles. The van der Waals surface area contributed by atoms with Crippen molar-refractivity contribution in [2.45, 2.75) is 57.4 Å². The van der Waals surface area contributed by atoms with Crippen LogP contribution in [0, 0.1) is 11.3 Å². The zero-order valence-corrected chi connectivity index (χ0v) is 11.4. The van der Waals surface area contributed by atoms with E-state index in [0.717, 1.165) is 51.4 Å². The van der Waals surface area contributed by atoms with Crippen molar-refractivity contribution in [1.82, 2.24) is 5.32 Å². The predicted molar refractivity (Wildman–Crippen MR) is 71.5 cm³/mol. The van der Waals surface area contributed by atoms with Gasteiger partial charge in [0.2, 0.25) is 5.91 Å². The molecule has 5 heteroatoms. The average Bonchev–Trinajstić information content (AvgIpc) is 3.21.